The second-order valence-corrected chi connectivity index (χ2v) is 11.0. The van der Waals surface area contributed by atoms with E-state index in [0.717, 1.165) is 74.8 Å². The first-order chi connectivity index (χ1) is 22.1. The minimum Gasteiger partial charge on any atom is -0.492 e. The van der Waals surface area contributed by atoms with Crippen molar-refractivity contribution in [3.05, 3.63) is 84.7 Å². The number of anilines is 3. The van der Waals surface area contributed by atoms with Gasteiger partial charge in [-0.15, -0.1) is 0 Å². The van der Waals surface area contributed by atoms with Crippen LogP contribution >= 0.6 is 0 Å². The number of nitrogens with zero attached hydrogens (tertiary/aromatic N) is 5. The van der Waals surface area contributed by atoms with Crippen molar-refractivity contribution in [3.63, 3.8) is 0 Å². The van der Waals surface area contributed by atoms with Crippen molar-refractivity contribution in [2.45, 2.75) is 26.2 Å². The number of aryl methyl sites for hydroxylation is 1. The lowest BCUT2D eigenvalue weighted by atomic mass is 10.1. The summed E-state index contributed by atoms with van der Waals surface area (Å²) in [5.41, 5.74) is 11.9. The number of ether oxygens (including phenoxy) is 2. The summed E-state index contributed by atoms with van der Waals surface area (Å²) in [4.78, 5) is 23.7. The lowest BCUT2D eigenvalue weighted by Crippen LogP contribution is -2.38. The van der Waals surface area contributed by atoms with Crippen molar-refractivity contribution in [1.82, 2.24) is 24.6 Å². The van der Waals surface area contributed by atoms with Gasteiger partial charge in [0.1, 0.15) is 30.2 Å². The normalized spacial score (nSPS) is 13.5. The molecular formula is C34H38N8O3. The van der Waals surface area contributed by atoms with Crippen molar-refractivity contribution in [2.24, 2.45) is 0 Å². The Balaban J connectivity index is 1.13. The molecule has 0 bridgehead atoms. The average molecular weight is 607 g/mol. The molecule has 3 aromatic carbocycles. The molecule has 4 N–H and O–H groups in total. The van der Waals surface area contributed by atoms with Gasteiger partial charge in [-0.2, -0.15) is 5.10 Å². The zero-order valence-electron chi connectivity index (χ0n) is 25.4. The predicted octanol–water partition coefficient (Wildman–Crippen LogP) is 5.76. The summed E-state index contributed by atoms with van der Waals surface area (Å²) in [6, 6.07) is 22.8. The van der Waals surface area contributed by atoms with Crippen LogP contribution in [0, 0.1) is 0 Å². The third-order valence-corrected chi connectivity index (χ3v) is 7.80. The molecule has 2 amide bonds. The van der Waals surface area contributed by atoms with Crippen LogP contribution in [-0.2, 0) is 11.2 Å². The zero-order chi connectivity index (χ0) is 31.0. The van der Waals surface area contributed by atoms with Crippen LogP contribution in [0.1, 0.15) is 25.3 Å². The van der Waals surface area contributed by atoms with Gasteiger partial charge in [0.2, 0.25) is 0 Å². The molecule has 1 fully saturated rings. The van der Waals surface area contributed by atoms with Gasteiger partial charge in [0.05, 0.1) is 24.3 Å². The Morgan fingerprint density at radius 2 is 1.62 bits per heavy atom. The smallest absolute Gasteiger partial charge is 0.323 e. The van der Waals surface area contributed by atoms with Crippen LogP contribution in [0.15, 0.2) is 79.1 Å². The minimum atomic E-state index is -0.315. The molecule has 1 aliphatic heterocycles. The van der Waals surface area contributed by atoms with Gasteiger partial charge in [-0.1, -0.05) is 25.5 Å². The fourth-order valence-corrected chi connectivity index (χ4v) is 5.30. The molecule has 232 valence electrons. The second kappa shape index (κ2) is 14.2. The molecule has 45 heavy (non-hydrogen) atoms. The molecule has 11 heteroatoms. The largest absolute Gasteiger partial charge is 0.492 e. The van der Waals surface area contributed by atoms with Crippen LogP contribution in [0.4, 0.5) is 22.0 Å². The SMILES string of the molecule is CCCCc1ccc(NC(=O)Nc2ccc(-n3nc(-c4ccc(OCCN5CCOCC5)cc4)c4c(N)ncnc43)cc2)cc1. The third kappa shape index (κ3) is 7.39. The van der Waals surface area contributed by atoms with E-state index in [0.29, 0.717) is 34.8 Å². The van der Waals surface area contributed by atoms with Crippen LogP contribution in [0.5, 0.6) is 5.75 Å². The molecular weight excluding hydrogens is 568 g/mol. The van der Waals surface area contributed by atoms with E-state index in [1.54, 1.807) is 4.68 Å². The number of morpholine rings is 1. The summed E-state index contributed by atoms with van der Waals surface area (Å²) in [6.07, 6.45) is 4.78. The molecule has 0 aliphatic carbocycles. The van der Waals surface area contributed by atoms with Gasteiger partial charge in [0.25, 0.3) is 0 Å². The van der Waals surface area contributed by atoms with Crippen molar-refractivity contribution < 1.29 is 14.3 Å². The molecule has 1 aliphatic rings. The molecule has 11 nitrogen and oxygen atoms in total. The van der Waals surface area contributed by atoms with Gasteiger partial charge in [-0.05, 0) is 79.1 Å². The summed E-state index contributed by atoms with van der Waals surface area (Å²) >= 11 is 0. The van der Waals surface area contributed by atoms with Gasteiger partial charge in [-0.3, -0.25) is 4.90 Å². The summed E-state index contributed by atoms with van der Waals surface area (Å²) < 4.78 is 13.1. The topological polar surface area (TPSA) is 132 Å². The van der Waals surface area contributed by atoms with Gasteiger partial charge < -0.3 is 25.8 Å². The molecule has 0 radical (unpaired) electrons. The van der Waals surface area contributed by atoms with Crippen LogP contribution < -0.4 is 21.1 Å². The lowest BCUT2D eigenvalue weighted by Gasteiger charge is -2.26. The van der Waals surface area contributed by atoms with E-state index in [1.165, 1.54) is 11.9 Å². The zero-order valence-corrected chi connectivity index (χ0v) is 25.4. The van der Waals surface area contributed by atoms with Crippen LogP contribution in [0.2, 0.25) is 0 Å². The van der Waals surface area contributed by atoms with Crippen molar-refractivity contribution >= 4 is 34.3 Å². The maximum Gasteiger partial charge on any atom is 0.323 e. The Morgan fingerprint density at radius 3 is 2.31 bits per heavy atom. The number of rotatable bonds is 11. The number of hydrogen-bond donors (Lipinski definition) is 3. The van der Waals surface area contributed by atoms with Crippen LogP contribution in [0.25, 0.3) is 28.0 Å². The number of urea groups is 1. The summed E-state index contributed by atoms with van der Waals surface area (Å²) in [5.74, 6) is 1.14. The Labute approximate surface area is 262 Å². The first kappa shape index (κ1) is 30.0. The first-order valence-electron chi connectivity index (χ1n) is 15.4. The number of nitrogens with two attached hydrogens (primary N) is 1. The van der Waals surface area contributed by atoms with E-state index >= 15 is 0 Å². The first-order valence-corrected chi connectivity index (χ1v) is 15.4. The highest BCUT2D eigenvalue weighted by molar-refractivity contribution is 6.00. The fraction of sp³-hybridized carbons (Fsp3) is 0.294. The number of carbonyl (C=O) groups is 1. The summed E-state index contributed by atoms with van der Waals surface area (Å²) in [7, 11) is 0. The fourth-order valence-electron chi connectivity index (χ4n) is 5.30. The molecule has 2 aromatic heterocycles. The van der Waals surface area contributed by atoms with Gasteiger partial charge in [0.15, 0.2) is 5.65 Å². The highest BCUT2D eigenvalue weighted by Crippen LogP contribution is 2.32. The number of benzene rings is 3. The van der Waals surface area contributed by atoms with Crippen molar-refractivity contribution in [1.29, 1.82) is 0 Å². The Kier molecular flexibility index (Phi) is 9.47. The highest BCUT2D eigenvalue weighted by atomic mass is 16.5. The van der Waals surface area contributed by atoms with Crippen molar-refractivity contribution in [3.8, 4) is 22.7 Å². The molecule has 0 saturated carbocycles. The van der Waals surface area contributed by atoms with E-state index in [9.17, 15) is 4.79 Å². The Hall–Kier alpha value is -5.00. The molecule has 5 aromatic rings. The molecule has 6 rings (SSSR count). The molecule has 1 saturated heterocycles. The van der Waals surface area contributed by atoms with E-state index in [2.05, 4.69) is 44.6 Å². The van der Waals surface area contributed by atoms with Crippen molar-refractivity contribution in [2.75, 3.05) is 55.8 Å². The van der Waals surface area contributed by atoms with Crippen LogP contribution in [0.3, 0.4) is 0 Å². The van der Waals surface area contributed by atoms with Gasteiger partial charge in [0, 0.05) is 36.6 Å². The minimum absolute atomic E-state index is 0.315. The number of hydrogen-bond acceptors (Lipinski definition) is 8. The Morgan fingerprint density at radius 1 is 0.933 bits per heavy atom. The number of nitrogens with one attached hydrogen (secondary N) is 2. The third-order valence-electron chi connectivity index (χ3n) is 7.80. The van der Waals surface area contributed by atoms with Gasteiger partial charge in [-0.25, -0.2) is 19.4 Å². The average Bonchev–Trinajstić information content (AvgIpc) is 3.46. The number of aromatic nitrogens is 4. The second-order valence-electron chi connectivity index (χ2n) is 11.0. The quantitative estimate of drug-likeness (QED) is 0.173. The van der Waals surface area contributed by atoms with Gasteiger partial charge >= 0.3 is 6.03 Å². The lowest BCUT2D eigenvalue weighted by molar-refractivity contribution is 0.0322. The monoisotopic (exact) mass is 606 g/mol. The number of nitrogen functional groups attached to an aromatic ring is 1. The maximum absolute atomic E-state index is 12.6. The van der Waals surface area contributed by atoms with E-state index in [-0.39, 0.29) is 6.03 Å². The standard InChI is InChI=1S/C34H38N8O3/c1-2-3-4-24-5-9-26(10-6-24)38-34(43)39-27-11-13-28(14-12-27)42-33-30(32(35)36-23-37-33)31(40-42)25-7-15-29(16-8-25)45-22-19-41-17-20-44-21-18-41/h5-16,23H,2-4,17-22H2,1H3,(H2,35,36,37)(H2,38,39,43). The highest BCUT2D eigenvalue weighted by Gasteiger charge is 2.18. The summed E-state index contributed by atoms with van der Waals surface area (Å²) in [5, 5.41) is 11.3. The molecule has 0 spiro atoms. The Bertz CT molecular complexity index is 1710. The molecule has 3 heterocycles. The number of amides is 2. The van der Waals surface area contributed by atoms with E-state index in [1.807, 2.05) is 60.7 Å². The van der Waals surface area contributed by atoms with E-state index < -0.39 is 0 Å². The number of fused-ring (bicyclic) bond motifs is 1. The number of unbranched alkanes of at least 4 members (excludes halogenated alkanes) is 1. The predicted molar refractivity (Wildman–Crippen MR) is 177 cm³/mol. The number of carbonyl (C=O) groups excluding carboxylic acids is 1. The van der Waals surface area contributed by atoms with Crippen LogP contribution in [-0.4, -0.2) is 70.1 Å². The molecule has 0 atom stereocenters. The summed E-state index contributed by atoms with van der Waals surface area (Å²) in [6.45, 7) is 7.06. The maximum atomic E-state index is 12.6. The van der Waals surface area contributed by atoms with E-state index in [4.69, 9.17) is 20.3 Å². The molecule has 0 unspecified atom stereocenters.